The van der Waals surface area contributed by atoms with E-state index in [4.69, 9.17) is 12.2 Å². The molecule has 0 amide bonds. The number of para-hydroxylation sites is 1. The number of anilines is 1. The van der Waals surface area contributed by atoms with E-state index in [-0.39, 0.29) is 23.6 Å². The fraction of sp³-hybridized carbons (Fsp3) is 0.286. The molecule has 2 N–H and O–H groups in total. The summed E-state index contributed by atoms with van der Waals surface area (Å²) in [6.45, 7) is 4.36. The zero-order valence-electron chi connectivity index (χ0n) is 15.4. The van der Waals surface area contributed by atoms with Gasteiger partial charge in [-0.3, -0.25) is 9.78 Å². The largest absolute Gasteiger partial charge is 0.383 e. The normalized spacial score (nSPS) is 16.2. The van der Waals surface area contributed by atoms with Gasteiger partial charge in [0.15, 0.2) is 5.78 Å². The van der Waals surface area contributed by atoms with Crippen LogP contribution in [0, 0.1) is 11.2 Å². The van der Waals surface area contributed by atoms with Crippen LogP contribution in [0.15, 0.2) is 60.1 Å². The summed E-state index contributed by atoms with van der Waals surface area (Å²) < 4.78 is 13.9. The first-order valence-corrected chi connectivity index (χ1v) is 9.21. The quantitative estimate of drug-likeness (QED) is 0.750. The van der Waals surface area contributed by atoms with Crippen molar-refractivity contribution >= 4 is 28.7 Å². The van der Waals surface area contributed by atoms with Crippen LogP contribution in [0.5, 0.6) is 0 Å². The minimum absolute atomic E-state index is 0.00242. The Balaban J connectivity index is 1.87. The van der Waals surface area contributed by atoms with Crippen LogP contribution in [0.25, 0.3) is 0 Å². The number of rotatable bonds is 5. The number of allylic oxidation sites excluding steroid dienone is 1. The minimum Gasteiger partial charge on any atom is -0.383 e. The molecule has 0 unspecified atom stereocenters. The van der Waals surface area contributed by atoms with Crippen LogP contribution >= 0.6 is 12.2 Å². The second-order valence-corrected chi connectivity index (χ2v) is 7.84. The van der Waals surface area contributed by atoms with Gasteiger partial charge in [-0.2, -0.15) is 0 Å². The number of nitrogens with one attached hydrogen (secondary N) is 2. The van der Waals surface area contributed by atoms with Crippen molar-refractivity contribution in [2.45, 2.75) is 33.2 Å². The van der Waals surface area contributed by atoms with E-state index in [0.717, 1.165) is 11.4 Å². The number of aromatic nitrogens is 1. The summed E-state index contributed by atoms with van der Waals surface area (Å²) >= 11 is 5.53. The molecule has 1 aliphatic rings. The molecule has 0 spiro atoms. The highest BCUT2D eigenvalue weighted by Crippen LogP contribution is 2.36. The zero-order chi connectivity index (χ0) is 19.4. The third-order valence-electron chi connectivity index (χ3n) is 4.48. The first-order valence-electron chi connectivity index (χ1n) is 8.81. The number of carbonyl (C=O) groups excluding carboxylic acids is 1. The number of Topliss-reactive ketones (excluding diaryl/α,β-unsaturated/α-hetero) is 1. The van der Waals surface area contributed by atoms with Gasteiger partial charge in [0.1, 0.15) is 10.8 Å². The summed E-state index contributed by atoms with van der Waals surface area (Å²) in [6, 6.07) is 11.1. The number of ketones is 1. The lowest BCUT2D eigenvalue weighted by Gasteiger charge is -2.33. The summed E-state index contributed by atoms with van der Waals surface area (Å²) in [6.07, 6.45) is 3.82. The standard InChI is InChI=1S/C21H22FN3OS/c1-21(2)10-17(24-12-14-8-9-23-13-16(14)22)19(18(26)11-21)20(27)25-15-6-4-3-5-7-15/h3-9,13,24H,10-12H2,1-2H3,(H,25,27). The molecule has 140 valence electrons. The SMILES string of the molecule is CC1(C)CC(=O)C(C(=S)Nc2ccccc2)=C(NCc2ccncc2F)C1. The number of hydrogen-bond donors (Lipinski definition) is 2. The predicted molar refractivity (Wildman–Crippen MR) is 109 cm³/mol. The van der Waals surface area contributed by atoms with E-state index in [2.05, 4.69) is 15.6 Å². The highest BCUT2D eigenvalue weighted by atomic mass is 32.1. The number of benzene rings is 1. The topological polar surface area (TPSA) is 54.0 Å². The second kappa shape index (κ2) is 7.96. The molecule has 0 aliphatic heterocycles. The number of hydrogen-bond acceptors (Lipinski definition) is 4. The molecule has 2 aromatic rings. The Morgan fingerprint density at radius 1 is 1.22 bits per heavy atom. The van der Waals surface area contributed by atoms with Gasteiger partial charge in [0.2, 0.25) is 0 Å². The van der Waals surface area contributed by atoms with Gasteiger partial charge in [-0.15, -0.1) is 0 Å². The van der Waals surface area contributed by atoms with Crippen molar-refractivity contribution in [2.75, 3.05) is 5.32 Å². The molecule has 0 saturated carbocycles. The maximum absolute atomic E-state index is 13.9. The van der Waals surface area contributed by atoms with Gasteiger partial charge in [-0.1, -0.05) is 44.3 Å². The predicted octanol–water partition coefficient (Wildman–Crippen LogP) is 4.39. The van der Waals surface area contributed by atoms with Crippen molar-refractivity contribution in [1.29, 1.82) is 0 Å². The molecular weight excluding hydrogens is 361 g/mol. The van der Waals surface area contributed by atoms with E-state index in [1.54, 1.807) is 12.3 Å². The summed E-state index contributed by atoms with van der Waals surface area (Å²) in [5, 5.41) is 6.38. The van der Waals surface area contributed by atoms with E-state index in [1.807, 2.05) is 44.2 Å². The number of halogens is 1. The molecule has 27 heavy (non-hydrogen) atoms. The van der Waals surface area contributed by atoms with Crippen LogP contribution in [0.4, 0.5) is 10.1 Å². The second-order valence-electron chi connectivity index (χ2n) is 7.44. The highest BCUT2D eigenvalue weighted by Gasteiger charge is 2.34. The Morgan fingerprint density at radius 2 is 1.96 bits per heavy atom. The van der Waals surface area contributed by atoms with E-state index >= 15 is 0 Å². The van der Waals surface area contributed by atoms with E-state index in [0.29, 0.717) is 29.0 Å². The average molecular weight is 383 g/mol. The van der Waals surface area contributed by atoms with Gasteiger partial charge in [-0.25, -0.2) is 4.39 Å². The molecule has 0 bridgehead atoms. The van der Waals surface area contributed by atoms with Crippen LogP contribution in [-0.4, -0.2) is 15.8 Å². The lowest BCUT2D eigenvalue weighted by Crippen LogP contribution is -2.35. The van der Waals surface area contributed by atoms with Crippen LogP contribution in [0.1, 0.15) is 32.3 Å². The highest BCUT2D eigenvalue weighted by molar-refractivity contribution is 7.81. The zero-order valence-corrected chi connectivity index (χ0v) is 16.2. The smallest absolute Gasteiger partial charge is 0.168 e. The van der Waals surface area contributed by atoms with Crippen molar-refractivity contribution in [3.05, 3.63) is 71.4 Å². The lowest BCUT2D eigenvalue weighted by molar-refractivity contribution is -0.117. The fourth-order valence-corrected chi connectivity index (χ4v) is 3.55. The number of pyridine rings is 1. The Labute approximate surface area is 163 Å². The van der Waals surface area contributed by atoms with Crippen LogP contribution in [-0.2, 0) is 11.3 Å². The van der Waals surface area contributed by atoms with Gasteiger partial charge < -0.3 is 10.6 Å². The minimum atomic E-state index is -0.376. The molecule has 0 saturated heterocycles. The molecule has 0 atom stereocenters. The molecule has 1 aromatic carbocycles. The van der Waals surface area contributed by atoms with E-state index in [9.17, 15) is 9.18 Å². The third kappa shape index (κ3) is 4.77. The van der Waals surface area contributed by atoms with E-state index < -0.39 is 0 Å². The summed E-state index contributed by atoms with van der Waals surface area (Å²) in [7, 11) is 0. The van der Waals surface area contributed by atoms with Crippen LogP contribution in [0.3, 0.4) is 0 Å². The van der Waals surface area contributed by atoms with Crippen molar-refractivity contribution in [3.63, 3.8) is 0 Å². The van der Waals surface area contributed by atoms with Gasteiger partial charge >= 0.3 is 0 Å². The van der Waals surface area contributed by atoms with Crippen molar-refractivity contribution in [2.24, 2.45) is 5.41 Å². The van der Waals surface area contributed by atoms with Gasteiger partial charge in [0.25, 0.3) is 0 Å². The molecule has 1 heterocycles. The molecule has 0 radical (unpaired) electrons. The molecular formula is C21H22FN3OS. The Bertz CT molecular complexity index is 893. The fourth-order valence-electron chi connectivity index (χ4n) is 3.20. The molecule has 6 heteroatoms. The first kappa shape index (κ1) is 19.2. The number of thiocarbonyl (C=S) groups is 1. The lowest BCUT2D eigenvalue weighted by atomic mass is 9.75. The van der Waals surface area contributed by atoms with Gasteiger partial charge in [0.05, 0.1) is 11.8 Å². The van der Waals surface area contributed by atoms with Crippen molar-refractivity contribution in [3.8, 4) is 0 Å². The van der Waals surface area contributed by atoms with Crippen LogP contribution < -0.4 is 10.6 Å². The Kier molecular flexibility index (Phi) is 5.65. The summed E-state index contributed by atoms with van der Waals surface area (Å²) in [4.78, 5) is 17.0. The summed E-state index contributed by atoms with van der Waals surface area (Å²) in [5.74, 6) is -0.379. The maximum atomic E-state index is 13.9. The van der Waals surface area contributed by atoms with E-state index in [1.165, 1.54) is 6.20 Å². The molecule has 0 fully saturated rings. The Morgan fingerprint density at radius 3 is 2.67 bits per heavy atom. The Hall–Kier alpha value is -2.60. The molecule has 1 aromatic heterocycles. The number of carbonyl (C=O) groups is 1. The van der Waals surface area contributed by atoms with Crippen molar-refractivity contribution < 1.29 is 9.18 Å². The molecule has 3 rings (SSSR count). The maximum Gasteiger partial charge on any atom is 0.168 e. The summed E-state index contributed by atoms with van der Waals surface area (Å²) in [5.41, 5.74) is 2.38. The van der Waals surface area contributed by atoms with Gasteiger partial charge in [-0.05, 0) is 30.0 Å². The molecule has 1 aliphatic carbocycles. The monoisotopic (exact) mass is 383 g/mol. The molecule has 4 nitrogen and oxygen atoms in total. The van der Waals surface area contributed by atoms with Gasteiger partial charge in [0, 0.05) is 36.1 Å². The average Bonchev–Trinajstić information content (AvgIpc) is 2.60. The third-order valence-corrected chi connectivity index (χ3v) is 4.79. The van der Waals surface area contributed by atoms with Crippen molar-refractivity contribution in [1.82, 2.24) is 10.3 Å². The first-order chi connectivity index (χ1) is 12.9. The number of nitrogens with zero attached hydrogens (tertiary/aromatic N) is 1. The van der Waals surface area contributed by atoms with Crippen LogP contribution in [0.2, 0.25) is 0 Å².